The molecule has 1 aromatic carbocycles. The lowest BCUT2D eigenvalue weighted by molar-refractivity contribution is -0.123. The Morgan fingerprint density at radius 1 is 1.53 bits per heavy atom. The monoisotopic (exact) mass is 262 g/mol. The fraction of sp³-hybridized carbons (Fsp3) is 0.500. The number of fused-ring (bicyclic) bond motifs is 1. The van der Waals surface area contributed by atoms with E-state index in [4.69, 9.17) is 4.74 Å². The number of benzene rings is 1. The normalized spacial score (nSPS) is 28.8. The van der Waals surface area contributed by atoms with Crippen LogP contribution < -0.4 is 10.6 Å². The van der Waals surface area contributed by atoms with Gasteiger partial charge in [-0.25, -0.2) is 0 Å². The third kappa shape index (κ3) is 2.43. The molecule has 2 unspecified atom stereocenters. The smallest absolute Gasteiger partial charge is 0.229 e. The predicted molar refractivity (Wildman–Crippen MR) is 71.1 cm³/mol. The Morgan fingerprint density at radius 3 is 3.16 bits per heavy atom. The third-order valence-corrected chi connectivity index (χ3v) is 3.82. The molecule has 1 saturated heterocycles. The largest absolute Gasteiger partial charge is 0.386 e. The van der Waals surface area contributed by atoms with Crippen molar-refractivity contribution in [3.63, 3.8) is 0 Å². The van der Waals surface area contributed by atoms with Crippen molar-refractivity contribution in [2.75, 3.05) is 31.6 Å². The Morgan fingerprint density at radius 2 is 2.37 bits per heavy atom. The molecular weight excluding hydrogens is 244 g/mol. The highest BCUT2D eigenvalue weighted by molar-refractivity contribution is 5.88. The van der Waals surface area contributed by atoms with E-state index in [9.17, 15) is 9.90 Å². The molecule has 0 bridgehead atoms. The van der Waals surface area contributed by atoms with Gasteiger partial charge in [0.1, 0.15) is 5.60 Å². The second-order valence-corrected chi connectivity index (χ2v) is 5.27. The Kier molecular flexibility index (Phi) is 3.16. The predicted octanol–water partition coefficient (Wildman–Crippen LogP) is 0.463. The van der Waals surface area contributed by atoms with Crippen molar-refractivity contribution < 1.29 is 14.6 Å². The van der Waals surface area contributed by atoms with Gasteiger partial charge in [0.2, 0.25) is 5.91 Å². The van der Waals surface area contributed by atoms with Gasteiger partial charge in [0.05, 0.1) is 12.5 Å². The summed E-state index contributed by atoms with van der Waals surface area (Å²) in [7, 11) is 0. The van der Waals surface area contributed by atoms with Gasteiger partial charge in [-0.1, -0.05) is 18.2 Å². The number of ether oxygens (including phenoxy) is 1. The number of hydrogen-bond donors (Lipinski definition) is 3. The molecule has 2 aliphatic rings. The number of aliphatic hydroxyl groups is 1. The number of hydrogen-bond acceptors (Lipinski definition) is 4. The summed E-state index contributed by atoms with van der Waals surface area (Å²) < 4.78 is 5.16. The van der Waals surface area contributed by atoms with E-state index in [-0.39, 0.29) is 18.4 Å². The fourth-order valence-electron chi connectivity index (χ4n) is 2.63. The molecule has 19 heavy (non-hydrogen) atoms. The highest BCUT2D eigenvalue weighted by Gasteiger charge is 2.34. The van der Waals surface area contributed by atoms with Gasteiger partial charge in [0, 0.05) is 31.8 Å². The van der Waals surface area contributed by atoms with Crippen molar-refractivity contribution in [1.29, 1.82) is 0 Å². The van der Waals surface area contributed by atoms with Gasteiger partial charge in [-0.05, 0) is 11.6 Å². The summed E-state index contributed by atoms with van der Waals surface area (Å²) in [5.41, 5.74) is 1.14. The number of nitrogens with one attached hydrogen (secondary N) is 2. The average Bonchev–Trinajstić information content (AvgIpc) is 3.03. The molecule has 3 N–H and O–H groups in total. The van der Waals surface area contributed by atoms with E-state index >= 15 is 0 Å². The van der Waals surface area contributed by atoms with Gasteiger partial charge in [0.25, 0.3) is 0 Å². The van der Waals surface area contributed by atoms with Gasteiger partial charge in [-0.2, -0.15) is 0 Å². The zero-order valence-electron chi connectivity index (χ0n) is 10.7. The summed E-state index contributed by atoms with van der Waals surface area (Å²) in [4.78, 5) is 12.2. The van der Waals surface area contributed by atoms with Gasteiger partial charge in [0.15, 0.2) is 0 Å². The summed E-state index contributed by atoms with van der Waals surface area (Å²) >= 11 is 0. The molecule has 0 radical (unpaired) electrons. The molecule has 1 aromatic rings. The summed E-state index contributed by atoms with van der Waals surface area (Å²) in [5.74, 6) is -0.222. The number of carbonyl (C=O) groups excluding carboxylic acids is 1. The number of anilines is 1. The number of rotatable bonds is 3. The van der Waals surface area contributed by atoms with Crippen molar-refractivity contribution in [3.8, 4) is 0 Å². The molecule has 102 valence electrons. The molecule has 2 heterocycles. The second-order valence-electron chi connectivity index (χ2n) is 5.27. The molecular formula is C14H18N2O3. The Balaban J connectivity index is 1.63. The van der Waals surface area contributed by atoms with Crippen LogP contribution in [0.4, 0.5) is 5.69 Å². The van der Waals surface area contributed by atoms with Crippen molar-refractivity contribution in [2.24, 2.45) is 0 Å². The van der Waals surface area contributed by atoms with Crippen LogP contribution in [0.3, 0.4) is 0 Å². The van der Waals surface area contributed by atoms with Crippen molar-refractivity contribution in [2.45, 2.75) is 17.9 Å². The highest BCUT2D eigenvalue weighted by atomic mass is 16.5. The van der Waals surface area contributed by atoms with E-state index < -0.39 is 5.60 Å². The Bertz CT molecular complexity index is 483. The first-order valence-corrected chi connectivity index (χ1v) is 6.59. The van der Waals surface area contributed by atoms with Crippen LogP contribution in [-0.2, 0) is 9.53 Å². The number of amides is 1. The van der Waals surface area contributed by atoms with Crippen LogP contribution >= 0.6 is 0 Å². The summed E-state index contributed by atoms with van der Waals surface area (Å²) in [6, 6.07) is 7.82. The second kappa shape index (κ2) is 4.83. The van der Waals surface area contributed by atoms with Crippen LogP contribution in [-0.4, -0.2) is 42.9 Å². The molecule has 5 nitrogen and oxygen atoms in total. The van der Waals surface area contributed by atoms with E-state index in [1.54, 1.807) is 0 Å². The maximum atomic E-state index is 12.2. The lowest BCUT2D eigenvalue weighted by Gasteiger charge is -2.21. The van der Waals surface area contributed by atoms with Crippen molar-refractivity contribution in [3.05, 3.63) is 29.8 Å². The quantitative estimate of drug-likeness (QED) is 0.740. The van der Waals surface area contributed by atoms with Crippen LogP contribution in [0.15, 0.2) is 24.3 Å². The minimum Gasteiger partial charge on any atom is -0.386 e. The zero-order valence-corrected chi connectivity index (χ0v) is 10.7. The minimum atomic E-state index is -0.902. The number of carbonyl (C=O) groups is 1. The van der Waals surface area contributed by atoms with Crippen molar-refractivity contribution >= 4 is 11.6 Å². The molecule has 0 spiro atoms. The minimum absolute atomic E-state index is 0.0437. The van der Waals surface area contributed by atoms with Gasteiger partial charge >= 0.3 is 0 Å². The molecule has 1 fully saturated rings. The molecule has 2 atom stereocenters. The lowest BCUT2D eigenvalue weighted by atomic mass is 9.99. The first-order chi connectivity index (χ1) is 9.18. The Hall–Kier alpha value is -1.59. The van der Waals surface area contributed by atoms with E-state index in [1.807, 2.05) is 24.3 Å². The Labute approximate surface area is 112 Å². The van der Waals surface area contributed by atoms with Gasteiger partial charge in [-0.15, -0.1) is 0 Å². The first-order valence-electron chi connectivity index (χ1n) is 6.59. The van der Waals surface area contributed by atoms with Crippen LogP contribution in [0.1, 0.15) is 17.9 Å². The zero-order chi connectivity index (χ0) is 13.3. The summed E-state index contributed by atoms with van der Waals surface area (Å²) in [5, 5.41) is 16.2. The van der Waals surface area contributed by atoms with Gasteiger partial charge in [-0.3, -0.25) is 4.79 Å². The average molecular weight is 262 g/mol. The molecule has 1 amide bonds. The molecule has 3 rings (SSSR count). The lowest BCUT2D eigenvalue weighted by Crippen LogP contribution is -2.45. The maximum Gasteiger partial charge on any atom is 0.229 e. The van der Waals surface area contributed by atoms with Crippen LogP contribution in [0.25, 0.3) is 0 Å². The van der Waals surface area contributed by atoms with E-state index in [1.165, 1.54) is 0 Å². The van der Waals surface area contributed by atoms with Crippen molar-refractivity contribution in [1.82, 2.24) is 5.32 Å². The maximum absolute atomic E-state index is 12.2. The molecule has 2 aliphatic heterocycles. The summed E-state index contributed by atoms with van der Waals surface area (Å²) in [6.07, 6.45) is 0.576. The first kappa shape index (κ1) is 12.4. The molecule has 5 heteroatoms. The molecule has 0 saturated carbocycles. The standard InChI is InChI=1S/C14H18N2O3/c17-13(16-8-14(18)5-6-19-9-14)11-7-15-12-4-2-1-3-10(11)12/h1-4,11,15,18H,5-9H2,(H,16,17). The topological polar surface area (TPSA) is 70.6 Å². The van der Waals surface area contributed by atoms with Crippen LogP contribution in [0.2, 0.25) is 0 Å². The highest BCUT2D eigenvalue weighted by Crippen LogP contribution is 2.31. The fourth-order valence-corrected chi connectivity index (χ4v) is 2.63. The van der Waals surface area contributed by atoms with E-state index in [2.05, 4.69) is 10.6 Å². The van der Waals surface area contributed by atoms with Gasteiger partial charge < -0.3 is 20.5 Å². The van der Waals surface area contributed by atoms with Crippen LogP contribution in [0.5, 0.6) is 0 Å². The number of para-hydroxylation sites is 1. The van der Waals surface area contributed by atoms with Crippen LogP contribution in [0, 0.1) is 0 Å². The third-order valence-electron chi connectivity index (χ3n) is 3.82. The molecule has 0 aromatic heterocycles. The molecule has 0 aliphatic carbocycles. The van der Waals surface area contributed by atoms with E-state index in [0.717, 1.165) is 11.3 Å². The van der Waals surface area contributed by atoms with E-state index in [0.29, 0.717) is 26.2 Å². The summed E-state index contributed by atoms with van der Waals surface area (Å²) in [6.45, 7) is 1.72. The SMILES string of the molecule is O=C(NCC1(O)CCOC1)C1CNc2ccccc21.